The van der Waals surface area contributed by atoms with E-state index in [4.69, 9.17) is 4.74 Å². The Morgan fingerprint density at radius 1 is 1.09 bits per heavy atom. The summed E-state index contributed by atoms with van der Waals surface area (Å²) in [4.78, 5) is 10.5. The molecule has 0 spiro atoms. The Balaban J connectivity index is 0.00000264. The van der Waals surface area contributed by atoms with Crippen molar-refractivity contribution in [3.8, 4) is 11.8 Å². The molecular weight excluding hydrogens is 312 g/mol. The second kappa shape index (κ2) is 10.9. The van der Waals surface area contributed by atoms with Gasteiger partial charge < -0.3 is 15.0 Å². The van der Waals surface area contributed by atoms with E-state index < -0.39 is 0 Å². The van der Waals surface area contributed by atoms with Gasteiger partial charge in [0.25, 0.3) is 0 Å². The fraction of sp³-hybridized carbons (Fsp3) is 0.412. The molecule has 0 unspecified atom stereocenters. The molecule has 0 saturated carbocycles. The fourth-order valence-electron chi connectivity index (χ4n) is 2.17. The Labute approximate surface area is 144 Å². The molecule has 0 aliphatic rings. The highest BCUT2D eigenvalue weighted by atomic mass is 35.5. The monoisotopic (exact) mass is 336 g/mol. The van der Waals surface area contributed by atoms with Crippen LogP contribution >= 0.6 is 12.4 Å². The number of ether oxygens (including phenoxy) is 1. The number of likely N-dealkylation sites (N-methyl/N-ethyl adjacent to an activating group) is 1. The number of nitrogens with zero attached hydrogens (tertiary/aromatic N) is 3. The van der Waals surface area contributed by atoms with E-state index in [1.54, 1.807) is 18.5 Å². The first-order valence-corrected chi connectivity index (χ1v) is 7.78. The molecule has 1 aromatic carbocycles. The highest BCUT2D eigenvalue weighted by molar-refractivity contribution is 5.85. The van der Waals surface area contributed by atoms with Gasteiger partial charge in [0.05, 0.1) is 0 Å². The van der Waals surface area contributed by atoms with Gasteiger partial charge in [-0.25, -0.2) is 9.97 Å². The molecule has 0 aliphatic heterocycles. The predicted molar refractivity (Wildman–Crippen MR) is 95.3 cm³/mol. The van der Waals surface area contributed by atoms with Crippen LogP contribution in [0.25, 0.3) is 0 Å². The molecule has 0 radical (unpaired) electrons. The summed E-state index contributed by atoms with van der Waals surface area (Å²) in [5, 5.41) is 3.46. The first kappa shape index (κ1) is 19.4. The van der Waals surface area contributed by atoms with E-state index in [1.807, 2.05) is 18.2 Å². The van der Waals surface area contributed by atoms with Crippen LogP contribution in [-0.2, 0) is 6.54 Å². The van der Waals surface area contributed by atoms with Crippen LogP contribution in [0.3, 0.4) is 0 Å². The van der Waals surface area contributed by atoms with E-state index in [1.165, 1.54) is 5.56 Å². The summed E-state index contributed by atoms with van der Waals surface area (Å²) in [5.41, 5.74) is 1.19. The summed E-state index contributed by atoms with van der Waals surface area (Å²) in [5.74, 6) is 0.759. The van der Waals surface area contributed by atoms with Gasteiger partial charge in [-0.1, -0.05) is 26.0 Å². The van der Waals surface area contributed by atoms with Gasteiger partial charge in [-0.2, -0.15) is 0 Å². The number of hydrogen-bond donors (Lipinski definition) is 1. The van der Waals surface area contributed by atoms with E-state index in [9.17, 15) is 0 Å². The molecule has 2 rings (SSSR count). The molecule has 5 nitrogen and oxygen atoms in total. The standard InChI is InChI=1S/C17H24N4O.ClH/c1-3-21(4-2)12-11-18-14-15-7-5-8-16(13-15)22-17-19-9-6-10-20-17;/h5-10,13,18H,3-4,11-12,14H2,1-2H3;1H. The zero-order valence-electron chi connectivity index (χ0n) is 13.7. The molecule has 0 amide bonds. The Morgan fingerprint density at radius 2 is 1.83 bits per heavy atom. The quantitative estimate of drug-likeness (QED) is 0.713. The van der Waals surface area contributed by atoms with Crippen molar-refractivity contribution >= 4 is 12.4 Å². The zero-order valence-corrected chi connectivity index (χ0v) is 14.6. The summed E-state index contributed by atoms with van der Waals surface area (Å²) in [6.07, 6.45) is 3.34. The molecular formula is C17H25ClN4O. The Bertz CT molecular complexity index is 549. The minimum absolute atomic E-state index is 0. The van der Waals surface area contributed by atoms with Crippen LogP contribution in [0.2, 0.25) is 0 Å². The van der Waals surface area contributed by atoms with E-state index in [0.717, 1.165) is 38.5 Å². The molecule has 1 heterocycles. The maximum Gasteiger partial charge on any atom is 0.321 e. The van der Waals surface area contributed by atoms with Crippen LogP contribution < -0.4 is 10.1 Å². The second-order valence-corrected chi connectivity index (χ2v) is 4.98. The number of halogens is 1. The molecule has 0 bridgehead atoms. The average molecular weight is 337 g/mol. The van der Waals surface area contributed by atoms with Crippen molar-refractivity contribution in [2.45, 2.75) is 20.4 Å². The first-order chi connectivity index (χ1) is 10.8. The normalized spacial score (nSPS) is 10.4. The van der Waals surface area contributed by atoms with Crippen molar-refractivity contribution in [2.24, 2.45) is 0 Å². The SMILES string of the molecule is CCN(CC)CCNCc1cccc(Oc2ncccn2)c1.Cl. The van der Waals surface area contributed by atoms with Gasteiger partial charge in [0, 0.05) is 32.0 Å². The maximum absolute atomic E-state index is 5.64. The molecule has 0 saturated heterocycles. The van der Waals surface area contributed by atoms with Crippen LogP contribution in [0.1, 0.15) is 19.4 Å². The summed E-state index contributed by atoms with van der Waals surface area (Å²) in [6, 6.07) is 10.1. The maximum atomic E-state index is 5.64. The fourth-order valence-corrected chi connectivity index (χ4v) is 2.17. The molecule has 0 atom stereocenters. The van der Waals surface area contributed by atoms with Crippen LogP contribution in [0.15, 0.2) is 42.7 Å². The highest BCUT2D eigenvalue weighted by Gasteiger charge is 2.01. The van der Waals surface area contributed by atoms with Gasteiger partial charge >= 0.3 is 6.01 Å². The first-order valence-electron chi connectivity index (χ1n) is 7.78. The lowest BCUT2D eigenvalue weighted by Gasteiger charge is -2.18. The Morgan fingerprint density at radius 3 is 2.52 bits per heavy atom. The van der Waals surface area contributed by atoms with E-state index in [0.29, 0.717) is 6.01 Å². The van der Waals surface area contributed by atoms with E-state index >= 15 is 0 Å². The zero-order chi connectivity index (χ0) is 15.6. The molecule has 2 aromatic rings. The van der Waals surface area contributed by atoms with Gasteiger partial charge in [-0.3, -0.25) is 0 Å². The lowest BCUT2D eigenvalue weighted by molar-refractivity contribution is 0.302. The van der Waals surface area contributed by atoms with Crippen molar-refractivity contribution in [1.82, 2.24) is 20.2 Å². The Kier molecular flexibility index (Phi) is 9.21. The lowest BCUT2D eigenvalue weighted by atomic mass is 10.2. The van der Waals surface area contributed by atoms with Crippen LogP contribution in [0.5, 0.6) is 11.8 Å². The van der Waals surface area contributed by atoms with E-state index in [2.05, 4.69) is 40.1 Å². The summed E-state index contributed by atoms with van der Waals surface area (Å²) in [6.45, 7) is 9.45. The highest BCUT2D eigenvalue weighted by Crippen LogP contribution is 2.18. The summed E-state index contributed by atoms with van der Waals surface area (Å²) < 4.78 is 5.64. The number of hydrogen-bond acceptors (Lipinski definition) is 5. The third-order valence-electron chi connectivity index (χ3n) is 3.48. The third kappa shape index (κ3) is 6.95. The van der Waals surface area contributed by atoms with Gasteiger partial charge in [0.15, 0.2) is 0 Å². The van der Waals surface area contributed by atoms with Crippen molar-refractivity contribution in [3.63, 3.8) is 0 Å². The van der Waals surface area contributed by atoms with Crippen molar-refractivity contribution < 1.29 is 4.74 Å². The summed E-state index contributed by atoms with van der Waals surface area (Å²) in [7, 11) is 0. The minimum Gasteiger partial charge on any atom is -0.424 e. The molecule has 23 heavy (non-hydrogen) atoms. The van der Waals surface area contributed by atoms with Crippen LogP contribution in [0.4, 0.5) is 0 Å². The lowest BCUT2D eigenvalue weighted by Crippen LogP contribution is -2.31. The topological polar surface area (TPSA) is 50.3 Å². The van der Waals surface area contributed by atoms with Gasteiger partial charge in [0.2, 0.25) is 0 Å². The largest absolute Gasteiger partial charge is 0.424 e. The van der Waals surface area contributed by atoms with Gasteiger partial charge in [-0.05, 0) is 36.9 Å². The third-order valence-corrected chi connectivity index (χ3v) is 3.48. The second-order valence-electron chi connectivity index (χ2n) is 4.98. The number of nitrogens with one attached hydrogen (secondary N) is 1. The number of aromatic nitrogens is 2. The van der Waals surface area contributed by atoms with Crippen LogP contribution in [-0.4, -0.2) is 41.0 Å². The van der Waals surface area contributed by atoms with Crippen molar-refractivity contribution in [3.05, 3.63) is 48.3 Å². The number of benzene rings is 1. The number of rotatable bonds is 9. The van der Waals surface area contributed by atoms with Crippen LogP contribution in [0, 0.1) is 0 Å². The molecule has 0 fully saturated rings. The molecule has 0 aliphatic carbocycles. The molecule has 126 valence electrons. The van der Waals surface area contributed by atoms with Crippen molar-refractivity contribution in [1.29, 1.82) is 0 Å². The average Bonchev–Trinajstić information content (AvgIpc) is 2.56. The summed E-state index contributed by atoms with van der Waals surface area (Å²) >= 11 is 0. The molecule has 1 N–H and O–H groups in total. The van der Waals surface area contributed by atoms with E-state index in [-0.39, 0.29) is 12.4 Å². The van der Waals surface area contributed by atoms with Gasteiger partial charge in [-0.15, -0.1) is 12.4 Å². The molecule has 1 aromatic heterocycles. The molecule has 6 heteroatoms. The predicted octanol–water partition coefficient (Wildman–Crippen LogP) is 3.12. The minimum atomic E-state index is 0. The Hall–Kier alpha value is -1.69. The van der Waals surface area contributed by atoms with Crippen molar-refractivity contribution in [2.75, 3.05) is 26.2 Å². The smallest absolute Gasteiger partial charge is 0.321 e. The van der Waals surface area contributed by atoms with Gasteiger partial charge in [0.1, 0.15) is 5.75 Å².